The molecule has 62 valence electrons. The van der Waals surface area contributed by atoms with Gasteiger partial charge < -0.3 is 4.57 Å². The number of aryl methyl sites for hydroxylation is 1. The number of hydrogen-bond donors (Lipinski definition) is 0. The summed E-state index contributed by atoms with van der Waals surface area (Å²) in [5.74, 6) is 0. The van der Waals surface area contributed by atoms with Gasteiger partial charge in [0.25, 0.3) is 5.56 Å². The molecule has 0 fully saturated rings. The molecule has 4 heteroatoms. The van der Waals surface area contributed by atoms with Gasteiger partial charge in [0.15, 0.2) is 0 Å². The number of halogens is 1. The minimum Gasteiger partial charge on any atom is -0.314 e. The fraction of sp³-hybridized carbons (Fsp3) is 0.429. The van der Waals surface area contributed by atoms with Crippen LogP contribution in [0.3, 0.4) is 0 Å². The molecule has 0 aliphatic carbocycles. The summed E-state index contributed by atoms with van der Waals surface area (Å²) >= 11 is 5.45. The highest BCUT2D eigenvalue weighted by Crippen LogP contribution is 1.95. The normalized spacial score (nSPS) is 8.36. The number of hydrogen-bond acceptors (Lipinski definition) is 2. The molecule has 0 N–H and O–H groups in total. The summed E-state index contributed by atoms with van der Waals surface area (Å²) in [5, 5.41) is 0.331. The molecule has 11 heavy (non-hydrogen) atoms. The molecule has 0 aromatic carbocycles. The first-order chi connectivity index (χ1) is 5.20. The Morgan fingerprint density at radius 1 is 1.55 bits per heavy atom. The van der Waals surface area contributed by atoms with Gasteiger partial charge in [-0.25, -0.2) is 4.98 Å². The van der Waals surface area contributed by atoms with Gasteiger partial charge in [-0.15, -0.1) is 0 Å². The minimum absolute atomic E-state index is 0.153. The molecule has 0 atom stereocenters. The largest absolute Gasteiger partial charge is 0.314 e. The fourth-order valence-electron chi connectivity index (χ4n) is 0.465. The molecular formula is C7H11ClN2O. The summed E-state index contributed by atoms with van der Waals surface area (Å²) in [6.45, 7) is 4.00. The summed E-state index contributed by atoms with van der Waals surface area (Å²) in [5.41, 5.74) is -0.153. The molecule has 1 aromatic rings. The van der Waals surface area contributed by atoms with Crippen molar-refractivity contribution < 1.29 is 0 Å². The van der Waals surface area contributed by atoms with E-state index in [0.29, 0.717) is 5.15 Å². The lowest BCUT2D eigenvalue weighted by atomic mass is 10.7. The molecule has 0 bridgehead atoms. The third kappa shape index (κ3) is 3.18. The quantitative estimate of drug-likeness (QED) is 0.597. The van der Waals surface area contributed by atoms with Gasteiger partial charge >= 0.3 is 0 Å². The molecule has 0 amide bonds. The maximum atomic E-state index is 10.6. The Bertz CT molecular complexity index is 269. The highest BCUT2D eigenvalue weighted by atomic mass is 35.5. The maximum absolute atomic E-state index is 10.6. The molecule has 0 spiro atoms. The van der Waals surface area contributed by atoms with E-state index in [1.807, 2.05) is 13.8 Å². The molecule has 1 aromatic heterocycles. The van der Waals surface area contributed by atoms with E-state index in [9.17, 15) is 4.79 Å². The molecule has 0 unspecified atom stereocenters. The maximum Gasteiger partial charge on any atom is 0.268 e. The second-order valence-corrected chi connectivity index (χ2v) is 2.05. The van der Waals surface area contributed by atoms with Gasteiger partial charge in [-0.05, 0) is 0 Å². The highest BCUT2D eigenvalue weighted by Gasteiger charge is 1.89. The van der Waals surface area contributed by atoms with Crippen molar-refractivity contribution in [3.8, 4) is 0 Å². The van der Waals surface area contributed by atoms with Gasteiger partial charge in [-0.1, -0.05) is 25.4 Å². The zero-order valence-electron chi connectivity index (χ0n) is 6.84. The van der Waals surface area contributed by atoms with E-state index in [-0.39, 0.29) is 5.56 Å². The Hall–Kier alpha value is -0.830. The van der Waals surface area contributed by atoms with Crippen LogP contribution < -0.4 is 5.56 Å². The predicted octanol–water partition coefficient (Wildman–Crippen LogP) is 1.46. The van der Waals surface area contributed by atoms with Gasteiger partial charge in [0, 0.05) is 13.2 Å². The van der Waals surface area contributed by atoms with Crippen LogP contribution in [-0.2, 0) is 7.05 Å². The van der Waals surface area contributed by atoms with Crippen LogP contribution in [0, 0.1) is 0 Å². The van der Waals surface area contributed by atoms with Gasteiger partial charge in [0.05, 0.1) is 6.20 Å². The third-order valence-electron chi connectivity index (χ3n) is 0.946. The first kappa shape index (κ1) is 10.2. The molecule has 1 heterocycles. The van der Waals surface area contributed by atoms with E-state index in [1.165, 1.54) is 17.0 Å². The summed E-state index contributed by atoms with van der Waals surface area (Å²) < 4.78 is 1.37. The number of aromatic nitrogens is 2. The van der Waals surface area contributed by atoms with E-state index in [1.54, 1.807) is 7.05 Å². The van der Waals surface area contributed by atoms with Crippen LogP contribution in [0.5, 0.6) is 0 Å². The Morgan fingerprint density at radius 3 is 2.45 bits per heavy atom. The van der Waals surface area contributed by atoms with Crippen molar-refractivity contribution in [1.29, 1.82) is 0 Å². The average Bonchev–Trinajstić information content (AvgIpc) is 2.02. The monoisotopic (exact) mass is 174 g/mol. The van der Waals surface area contributed by atoms with Crippen LogP contribution in [0.1, 0.15) is 13.8 Å². The first-order valence-corrected chi connectivity index (χ1v) is 3.76. The molecule has 0 aliphatic heterocycles. The number of rotatable bonds is 0. The summed E-state index contributed by atoms with van der Waals surface area (Å²) in [6.07, 6.45) is 2.65. The first-order valence-electron chi connectivity index (χ1n) is 3.38. The fourth-order valence-corrected chi connectivity index (χ4v) is 0.660. The molecule has 3 nitrogen and oxygen atoms in total. The van der Waals surface area contributed by atoms with Crippen molar-refractivity contribution in [3.05, 3.63) is 27.9 Å². The molecule has 0 saturated heterocycles. The van der Waals surface area contributed by atoms with Crippen molar-refractivity contribution >= 4 is 11.6 Å². The van der Waals surface area contributed by atoms with E-state index in [0.717, 1.165) is 0 Å². The van der Waals surface area contributed by atoms with Crippen molar-refractivity contribution in [2.75, 3.05) is 0 Å². The topological polar surface area (TPSA) is 34.9 Å². The summed E-state index contributed by atoms with van der Waals surface area (Å²) in [6, 6.07) is 0. The Morgan fingerprint density at radius 2 is 2.09 bits per heavy atom. The second-order valence-electron chi connectivity index (χ2n) is 1.66. The van der Waals surface area contributed by atoms with Gasteiger partial charge in [-0.2, -0.15) is 0 Å². The molecule has 0 radical (unpaired) electrons. The van der Waals surface area contributed by atoms with Crippen molar-refractivity contribution in [2.24, 2.45) is 7.05 Å². The smallest absolute Gasteiger partial charge is 0.268 e. The van der Waals surface area contributed by atoms with Gasteiger partial charge in [0.2, 0.25) is 0 Å². The Labute approximate surface area is 70.6 Å². The van der Waals surface area contributed by atoms with E-state index < -0.39 is 0 Å². The Balaban J connectivity index is 0.000000461. The van der Waals surface area contributed by atoms with Crippen LogP contribution in [0.25, 0.3) is 0 Å². The average molecular weight is 175 g/mol. The third-order valence-corrected chi connectivity index (χ3v) is 1.14. The zero-order chi connectivity index (χ0) is 8.85. The van der Waals surface area contributed by atoms with Crippen molar-refractivity contribution in [1.82, 2.24) is 9.55 Å². The lowest BCUT2D eigenvalue weighted by molar-refractivity contribution is 0.841. The van der Waals surface area contributed by atoms with Crippen LogP contribution in [0.4, 0.5) is 0 Å². The van der Waals surface area contributed by atoms with Gasteiger partial charge in [0.1, 0.15) is 5.15 Å². The van der Waals surface area contributed by atoms with Crippen molar-refractivity contribution in [3.63, 3.8) is 0 Å². The standard InChI is InChI=1S/C5H5ClN2O.C2H6/c1-8-3-4(6)7-2-5(8)9;1-2/h2-3H,1H3;1-2H3. The summed E-state index contributed by atoms with van der Waals surface area (Å²) in [4.78, 5) is 14.2. The SMILES string of the molecule is CC.Cn1cc(Cl)ncc1=O. The lowest BCUT2D eigenvalue weighted by Gasteiger charge is -1.92. The van der Waals surface area contributed by atoms with Crippen LogP contribution in [0.15, 0.2) is 17.2 Å². The second kappa shape index (κ2) is 4.91. The minimum atomic E-state index is -0.153. The van der Waals surface area contributed by atoms with Crippen molar-refractivity contribution in [2.45, 2.75) is 13.8 Å². The van der Waals surface area contributed by atoms with Crippen LogP contribution in [0.2, 0.25) is 5.15 Å². The predicted molar refractivity (Wildman–Crippen MR) is 45.8 cm³/mol. The molecule has 0 saturated carbocycles. The van der Waals surface area contributed by atoms with E-state index in [4.69, 9.17) is 11.6 Å². The molecule has 0 aliphatic rings. The van der Waals surface area contributed by atoms with Crippen LogP contribution in [-0.4, -0.2) is 9.55 Å². The molecular weight excluding hydrogens is 164 g/mol. The van der Waals surface area contributed by atoms with E-state index >= 15 is 0 Å². The van der Waals surface area contributed by atoms with Crippen LogP contribution >= 0.6 is 11.6 Å². The highest BCUT2D eigenvalue weighted by molar-refractivity contribution is 6.29. The zero-order valence-corrected chi connectivity index (χ0v) is 7.59. The number of nitrogens with zero attached hydrogens (tertiary/aromatic N) is 2. The Kier molecular flexibility index (Phi) is 4.54. The summed E-state index contributed by atoms with van der Waals surface area (Å²) in [7, 11) is 1.62. The van der Waals surface area contributed by atoms with E-state index in [2.05, 4.69) is 4.98 Å². The lowest BCUT2D eigenvalue weighted by Crippen LogP contribution is -2.14. The van der Waals surface area contributed by atoms with Gasteiger partial charge in [-0.3, -0.25) is 4.79 Å². The molecule has 1 rings (SSSR count).